The number of hydrogen-bond donors (Lipinski definition) is 2. The highest BCUT2D eigenvalue weighted by atomic mass is 79.9. The van der Waals surface area contributed by atoms with E-state index in [1.54, 1.807) is 29.2 Å². The van der Waals surface area contributed by atoms with Crippen LogP contribution in [0.3, 0.4) is 0 Å². The predicted molar refractivity (Wildman–Crippen MR) is 124 cm³/mol. The van der Waals surface area contributed by atoms with Crippen molar-refractivity contribution in [1.29, 1.82) is 0 Å². The van der Waals surface area contributed by atoms with Crippen molar-refractivity contribution in [1.82, 2.24) is 10.3 Å². The summed E-state index contributed by atoms with van der Waals surface area (Å²) in [5, 5.41) is 14.0. The molecule has 9 nitrogen and oxygen atoms in total. The van der Waals surface area contributed by atoms with E-state index in [2.05, 4.69) is 42.4 Å². The number of phenols is 1. The monoisotopic (exact) mass is 569 g/mol. The summed E-state index contributed by atoms with van der Waals surface area (Å²) in [4.78, 5) is 26.2. The van der Waals surface area contributed by atoms with E-state index in [0.29, 0.717) is 52.3 Å². The van der Waals surface area contributed by atoms with Gasteiger partial charge in [0.2, 0.25) is 0 Å². The molecule has 0 atom stereocenters. The van der Waals surface area contributed by atoms with Crippen molar-refractivity contribution in [2.75, 3.05) is 40.0 Å². The Morgan fingerprint density at radius 1 is 1.22 bits per heavy atom. The number of morpholine rings is 1. The third kappa shape index (κ3) is 6.21. The Morgan fingerprint density at radius 3 is 2.69 bits per heavy atom. The minimum absolute atomic E-state index is 0.0645. The molecule has 2 aromatic carbocycles. The molecule has 2 aromatic rings. The van der Waals surface area contributed by atoms with Crippen LogP contribution in [0.4, 0.5) is 0 Å². The molecule has 0 spiro atoms. The number of halogens is 2. The van der Waals surface area contributed by atoms with Gasteiger partial charge in [-0.1, -0.05) is 15.9 Å². The summed E-state index contributed by atoms with van der Waals surface area (Å²) >= 11 is 6.46. The fourth-order valence-electron chi connectivity index (χ4n) is 2.89. The van der Waals surface area contributed by atoms with Crippen LogP contribution in [0.2, 0.25) is 0 Å². The van der Waals surface area contributed by atoms with Crippen molar-refractivity contribution in [3.05, 3.63) is 50.4 Å². The second-order valence-corrected chi connectivity index (χ2v) is 8.45. The molecule has 1 fully saturated rings. The number of nitrogens with zero attached hydrogens (tertiary/aromatic N) is 2. The molecule has 2 N–H and O–H groups in total. The smallest absolute Gasteiger partial charge is 0.275 e. The van der Waals surface area contributed by atoms with Gasteiger partial charge >= 0.3 is 0 Å². The Morgan fingerprint density at radius 2 is 1.97 bits per heavy atom. The molecule has 0 bridgehead atoms. The van der Waals surface area contributed by atoms with Gasteiger partial charge in [0.25, 0.3) is 11.8 Å². The number of aromatic hydroxyl groups is 1. The Labute approximate surface area is 201 Å². The molecule has 1 heterocycles. The highest BCUT2D eigenvalue weighted by molar-refractivity contribution is 9.11. The molecule has 1 saturated heterocycles. The van der Waals surface area contributed by atoms with Crippen molar-refractivity contribution in [3.63, 3.8) is 0 Å². The van der Waals surface area contributed by atoms with Gasteiger partial charge in [-0.15, -0.1) is 0 Å². The maximum atomic E-state index is 12.3. The van der Waals surface area contributed by atoms with E-state index < -0.39 is 5.91 Å². The number of hydrogen-bond acceptors (Lipinski definition) is 7. The quantitative estimate of drug-likeness (QED) is 0.391. The van der Waals surface area contributed by atoms with E-state index in [-0.39, 0.29) is 23.8 Å². The summed E-state index contributed by atoms with van der Waals surface area (Å²) in [6.07, 6.45) is 1.42. The Balaban J connectivity index is 1.61. The zero-order chi connectivity index (χ0) is 23.1. The fraction of sp³-hybridized carbons (Fsp3) is 0.286. The molecule has 32 heavy (non-hydrogen) atoms. The van der Waals surface area contributed by atoms with E-state index in [4.69, 9.17) is 14.2 Å². The van der Waals surface area contributed by atoms with E-state index >= 15 is 0 Å². The number of carbonyl (C=O) groups is 2. The SMILES string of the molecule is COc1cc(/C=N\NC(=O)c2cc(Br)cc(Br)c2O)ccc1OCC(=O)N1CCOCC1. The number of carbonyl (C=O) groups excluding carboxylic acids is 2. The Bertz CT molecular complexity index is 1020. The molecule has 11 heteroatoms. The maximum Gasteiger partial charge on any atom is 0.275 e. The number of phenolic OH excluding ortho intramolecular Hbond substituents is 1. The first-order chi connectivity index (χ1) is 15.4. The lowest BCUT2D eigenvalue weighted by molar-refractivity contribution is -0.137. The molecule has 0 unspecified atom stereocenters. The summed E-state index contributed by atoms with van der Waals surface area (Å²) in [7, 11) is 1.49. The molecular formula is C21H21Br2N3O6. The molecule has 0 saturated carbocycles. The first-order valence-electron chi connectivity index (χ1n) is 9.57. The van der Waals surface area contributed by atoms with Crippen LogP contribution < -0.4 is 14.9 Å². The van der Waals surface area contributed by atoms with Gasteiger partial charge in [-0.3, -0.25) is 9.59 Å². The molecule has 3 rings (SSSR count). The van der Waals surface area contributed by atoms with Crippen LogP contribution in [0.25, 0.3) is 0 Å². The third-order valence-electron chi connectivity index (χ3n) is 4.56. The van der Waals surface area contributed by atoms with Crippen molar-refractivity contribution >= 4 is 49.9 Å². The van der Waals surface area contributed by atoms with Crippen LogP contribution in [0, 0.1) is 0 Å². The lowest BCUT2D eigenvalue weighted by Gasteiger charge is -2.26. The fourth-order valence-corrected chi connectivity index (χ4v) is 4.12. The number of benzene rings is 2. The zero-order valence-electron chi connectivity index (χ0n) is 17.1. The number of rotatable bonds is 7. The largest absolute Gasteiger partial charge is 0.506 e. The molecular weight excluding hydrogens is 550 g/mol. The summed E-state index contributed by atoms with van der Waals surface area (Å²) in [6.45, 7) is 2.05. The van der Waals surface area contributed by atoms with Gasteiger partial charge in [0.15, 0.2) is 18.1 Å². The van der Waals surface area contributed by atoms with Crippen molar-refractivity contribution < 1.29 is 28.9 Å². The second-order valence-electron chi connectivity index (χ2n) is 6.68. The number of methoxy groups -OCH3 is 1. The lowest BCUT2D eigenvalue weighted by Crippen LogP contribution is -2.43. The van der Waals surface area contributed by atoms with Gasteiger partial charge < -0.3 is 24.2 Å². The summed E-state index contributed by atoms with van der Waals surface area (Å²) in [5.41, 5.74) is 3.07. The number of hydrazone groups is 1. The Hall–Kier alpha value is -2.63. The number of amides is 2. The van der Waals surface area contributed by atoms with Gasteiger partial charge in [-0.05, 0) is 51.8 Å². The van der Waals surface area contributed by atoms with Gasteiger partial charge in [0.1, 0.15) is 5.75 Å². The third-order valence-corrected chi connectivity index (χ3v) is 5.62. The second kappa shape index (κ2) is 11.3. The highest BCUT2D eigenvalue weighted by Crippen LogP contribution is 2.31. The average molecular weight is 571 g/mol. The zero-order valence-corrected chi connectivity index (χ0v) is 20.3. The molecule has 0 aromatic heterocycles. The first kappa shape index (κ1) is 24.0. The van der Waals surface area contributed by atoms with Crippen LogP contribution in [0.15, 0.2) is 44.4 Å². The van der Waals surface area contributed by atoms with Crippen LogP contribution >= 0.6 is 31.9 Å². The highest BCUT2D eigenvalue weighted by Gasteiger charge is 2.18. The van der Waals surface area contributed by atoms with Crippen molar-refractivity contribution in [2.24, 2.45) is 5.10 Å². The van der Waals surface area contributed by atoms with E-state index in [1.807, 2.05) is 0 Å². The molecule has 1 aliphatic heterocycles. The maximum absolute atomic E-state index is 12.3. The topological polar surface area (TPSA) is 110 Å². The van der Waals surface area contributed by atoms with Crippen molar-refractivity contribution in [3.8, 4) is 17.2 Å². The van der Waals surface area contributed by atoms with Gasteiger partial charge in [0, 0.05) is 17.6 Å². The van der Waals surface area contributed by atoms with Crippen LogP contribution in [0.5, 0.6) is 17.2 Å². The minimum Gasteiger partial charge on any atom is -0.506 e. The van der Waals surface area contributed by atoms with Crippen LogP contribution in [-0.4, -0.2) is 68.1 Å². The molecule has 0 radical (unpaired) electrons. The predicted octanol–water partition coefficient (Wildman–Crippen LogP) is 2.93. The van der Waals surface area contributed by atoms with E-state index in [1.165, 1.54) is 19.4 Å². The number of nitrogens with one attached hydrogen (secondary N) is 1. The lowest BCUT2D eigenvalue weighted by atomic mass is 10.2. The first-order valence-corrected chi connectivity index (χ1v) is 11.2. The number of ether oxygens (including phenoxy) is 3. The van der Waals surface area contributed by atoms with E-state index in [0.717, 1.165) is 0 Å². The molecule has 170 valence electrons. The van der Waals surface area contributed by atoms with Gasteiger partial charge in [0.05, 0.1) is 36.6 Å². The average Bonchev–Trinajstić information content (AvgIpc) is 2.80. The Kier molecular flexibility index (Phi) is 8.48. The van der Waals surface area contributed by atoms with Crippen LogP contribution in [-0.2, 0) is 9.53 Å². The van der Waals surface area contributed by atoms with Crippen molar-refractivity contribution in [2.45, 2.75) is 0 Å². The van der Waals surface area contributed by atoms with Crippen LogP contribution in [0.1, 0.15) is 15.9 Å². The summed E-state index contributed by atoms with van der Waals surface area (Å²) in [6, 6.07) is 8.14. The minimum atomic E-state index is -0.575. The summed E-state index contributed by atoms with van der Waals surface area (Å²) in [5.74, 6) is -0.0426. The van der Waals surface area contributed by atoms with Gasteiger partial charge in [-0.2, -0.15) is 5.10 Å². The molecule has 1 aliphatic rings. The normalized spacial score (nSPS) is 13.8. The van der Waals surface area contributed by atoms with E-state index in [9.17, 15) is 14.7 Å². The molecule has 2 amide bonds. The summed E-state index contributed by atoms with van der Waals surface area (Å²) < 4.78 is 17.2. The standard InChI is InChI=1S/C21H21Br2N3O6/c1-30-18-8-13(2-3-17(18)32-12-19(27)26-4-6-31-7-5-26)11-24-25-21(29)15-9-14(22)10-16(23)20(15)28/h2-3,8-11,28H,4-7,12H2,1H3,(H,25,29)/b24-11-. The van der Waals surface area contributed by atoms with Gasteiger partial charge in [-0.25, -0.2) is 5.43 Å². The molecule has 0 aliphatic carbocycles.